The number of benzene rings is 2. The minimum absolute atomic E-state index is 0.0797. The van der Waals surface area contributed by atoms with Crippen LogP contribution in [0.1, 0.15) is 29.6 Å². The smallest absolute Gasteiger partial charge is 0.258 e. The van der Waals surface area contributed by atoms with Crippen molar-refractivity contribution >= 4 is 33.2 Å². The third-order valence-corrected chi connectivity index (χ3v) is 6.98. The van der Waals surface area contributed by atoms with Crippen molar-refractivity contribution < 1.29 is 18.0 Å². The lowest BCUT2D eigenvalue weighted by Crippen LogP contribution is -2.42. The highest BCUT2D eigenvalue weighted by atomic mass is 32.2. The molecule has 0 aliphatic carbocycles. The Kier molecular flexibility index (Phi) is 4.91. The summed E-state index contributed by atoms with van der Waals surface area (Å²) in [5.74, 6) is -0.611. The van der Waals surface area contributed by atoms with Crippen LogP contribution in [0.5, 0.6) is 0 Å². The third-order valence-electron chi connectivity index (χ3n) is 5.07. The van der Waals surface area contributed by atoms with Gasteiger partial charge in [0.25, 0.3) is 5.91 Å². The number of fused-ring (bicyclic) bond motifs is 1. The summed E-state index contributed by atoms with van der Waals surface area (Å²) in [6.07, 6.45) is 2.78. The van der Waals surface area contributed by atoms with Gasteiger partial charge in [0.05, 0.1) is 16.3 Å². The number of piperidine rings is 1. The summed E-state index contributed by atoms with van der Waals surface area (Å²) < 4.78 is 27.0. The van der Waals surface area contributed by atoms with Crippen molar-refractivity contribution in [2.24, 2.45) is 0 Å². The lowest BCUT2D eigenvalue weighted by molar-refractivity contribution is -0.115. The molecule has 8 heteroatoms. The molecule has 1 N–H and O–H groups in total. The molecule has 1 fully saturated rings. The molecule has 0 radical (unpaired) electrons. The molecule has 2 aliphatic rings. The first-order valence-corrected chi connectivity index (χ1v) is 10.7. The Labute approximate surface area is 164 Å². The topological polar surface area (TPSA) is 86.8 Å². The van der Waals surface area contributed by atoms with E-state index in [1.54, 1.807) is 24.3 Å². The summed E-state index contributed by atoms with van der Waals surface area (Å²) in [5, 5.41) is 2.74. The van der Waals surface area contributed by atoms with Gasteiger partial charge in [-0.15, -0.1) is 0 Å². The third kappa shape index (κ3) is 3.41. The van der Waals surface area contributed by atoms with Crippen LogP contribution in [-0.4, -0.2) is 44.2 Å². The van der Waals surface area contributed by atoms with Crippen molar-refractivity contribution in [3.63, 3.8) is 0 Å². The molecule has 0 unspecified atom stereocenters. The Morgan fingerprint density at radius 3 is 2.32 bits per heavy atom. The lowest BCUT2D eigenvalue weighted by atomic mass is 10.1. The second kappa shape index (κ2) is 7.37. The Balaban J connectivity index is 1.59. The van der Waals surface area contributed by atoms with Gasteiger partial charge in [-0.3, -0.25) is 14.5 Å². The number of hydrogen-bond acceptors (Lipinski definition) is 4. The van der Waals surface area contributed by atoms with Crippen LogP contribution < -0.4 is 10.2 Å². The number of carbonyl (C=O) groups excluding carboxylic acids is 2. The van der Waals surface area contributed by atoms with Crippen LogP contribution >= 0.6 is 0 Å². The minimum Gasteiger partial charge on any atom is -0.323 e. The zero-order valence-electron chi connectivity index (χ0n) is 15.3. The highest BCUT2D eigenvalue weighted by Gasteiger charge is 2.29. The lowest BCUT2D eigenvalue weighted by Gasteiger charge is -2.29. The Bertz CT molecular complexity index is 1010. The molecule has 28 heavy (non-hydrogen) atoms. The average molecular weight is 399 g/mol. The van der Waals surface area contributed by atoms with Crippen LogP contribution in [0.25, 0.3) is 0 Å². The molecule has 2 aliphatic heterocycles. The minimum atomic E-state index is -3.54. The van der Waals surface area contributed by atoms with Gasteiger partial charge in [-0.25, -0.2) is 8.42 Å². The van der Waals surface area contributed by atoms with E-state index in [1.165, 1.54) is 33.5 Å². The standard InChI is InChI=1S/C20H21N3O4S/c24-19-14-23(18-7-3-2-6-17(18)21-19)20(25)15-8-10-16(11-9-15)28(26,27)22-12-4-1-5-13-22/h2-3,6-11H,1,4-5,12-14H2,(H,21,24). The molecule has 2 aromatic rings. The molecule has 0 spiro atoms. The van der Waals surface area contributed by atoms with Crippen LogP contribution in [0.2, 0.25) is 0 Å². The van der Waals surface area contributed by atoms with E-state index < -0.39 is 10.0 Å². The molecule has 0 atom stereocenters. The van der Waals surface area contributed by atoms with Crippen molar-refractivity contribution in [1.82, 2.24) is 4.31 Å². The number of rotatable bonds is 3. The van der Waals surface area contributed by atoms with E-state index in [0.29, 0.717) is 30.0 Å². The van der Waals surface area contributed by atoms with Gasteiger partial charge in [-0.2, -0.15) is 4.31 Å². The molecular weight excluding hydrogens is 378 g/mol. The first kappa shape index (κ1) is 18.6. The highest BCUT2D eigenvalue weighted by Crippen LogP contribution is 2.30. The van der Waals surface area contributed by atoms with Crippen molar-refractivity contribution in [2.75, 3.05) is 29.9 Å². The van der Waals surface area contributed by atoms with E-state index in [4.69, 9.17) is 0 Å². The van der Waals surface area contributed by atoms with Crippen LogP contribution in [0.4, 0.5) is 11.4 Å². The van der Waals surface area contributed by atoms with E-state index in [-0.39, 0.29) is 23.3 Å². The van der Waals surface area contributed by atoms with E-state index in [9.17, 15) is 18.0 Å². The average Bonchev–Trinajstić information content (AvgIpc) is 2.73. The number of carbonyl (C=O) groups is 2. The fraction of sp³-hybridized carbons (Fsp3) is 0.300. The van der Waals surface area contributed by atoms with Crippen molar-refractivity contribution in [3.8, 4) is 0 Å². The van der Waals surface area contributed by atoms with Gasteiger partial charge in [0.2, 0.25) is 15.9 Å². The van der Waals surface area contributed by atoms with Crippen LogP contribution in [0.15, 0.2) is 53.4 Å². The summed E-state index contributed by atoms with van der Waals surface area (Å²) >= 11 is 0. The molecule has 2 aromatic carbocycles. The first-order chi connectivity index (χ1) is 13.5. The zero-order valence-corrected chi connectivity index (χ0v) is 16.1. The SMILES string of the molecule is O=C1CN(C(=O)c2ccc(S(=O)(=O)N3CCCCC3)cc2)c2ccccc2N1. The maximum atomic E-state index is 13.0. The van der Waals surface area contributed by atoms with Gasteiger partial charge in [-0.1, -0.05) is 18.6 Å². The summed E-state index contributed by atoms with van der Waals surface area (Å²) in [7, 11) is -3.54. The van der Waals surface area contributed by atoms with Gasteiger partial charge in [0, 0.05) is 18.7 Å². The number of para-hydroxylation sites is 2. The predicted octanol–water partition coefficient (Wildman–Crippen LogP) is 2.46. The van der Waals surface area contributed by atoms with E-state index in [0.717, 1.165) is 19.3 Å². The maximum absolute atomic E-state index is 13.0. The number of anilines is 2. The Hall–Kier alpha value is -2.71. The van der Waals surface area contributed by atoms with Crippen LogP contribution in [0, 0.1) is 0 Å². The zero-order chi connectivity index (χ0) is 19.7. The summed E-state index contributed by atoms with van der Waals surface area (Å²) in [5.41, 5.74) is 1.54. The molecule has 0 saturated carbocycles. The highest BCUT2D eigenvalue weighted by molar-refractivity contribution is 7.89. The van der Waals surface area contributed by atoms with Gasteiger partial charge < -0.3 is 5.32 Å². The largest absolute Gasteiger partial charge is 0.323 e. The number of nitrogens with one attached hydrogen (secondary N) is 1. The molecule has 1 saturated heterocycles. The van der Waals surface area contributed by atoms with E-state index in [1.807, 2.05) is 0 Å². The number of hydrogen-bond donors (Lipinski definition) is 1. The second-order valence-electron chi connectivity index (χ2n) is 6.95. The normalized spacial score (nSPS) is 17.7. The first-order valence-electron chi connectivity index (χ1n) is 9.28. The molecule has 0 aromatic heterocycles. The van der Waals surface area contributed by atoms with Crippen molar-refractivity contribution in [3.05, 3.63) is 54.1 Å². The molecule has 146 valence electrons. The second-order valence-corrected chi connectivity index (χ2v) is 8.88. The molecule has 2 heterocycles. The molecule has 7 nitrogen and oxygen atoms in total. The fourth-order valence-electron chi connectivity index (χ4n) is 3.59. The summed E-state index contributed by atoms with van der Waals surface area (Å²) in [6.45, 7) is 0.981. The number of amides is 2. The molecule has 0 bridgehead atoms. The van der Waals surface area contributed by atoms with Gasteiger partial charge in [-0.05, 0) is 49.2 Å². The van der Waals surface area contributed by atoms with Crippen LogP contribution in [-0.2, 0) is 14.8 Å². The monoisotopic (exact) mass is 399 g/mol. The number of nitrogens with zero attached hydrogens (tertiary/aromatic N) is 2. The Morgan fingerprint density at radius 2 is 1.61 bits per heavy atom. The van der Waals surface area contributed by atoms with Gasteiger partial charge >= 0.3 is 0 Å². The van der Waals surface area contributed by atoms with Crippen molar-refractivity contribution in [1.29, 1.82) is 0 Å². The van der Waals surface area contributed by atoms with Gasteiger partial charge in [0.1, 0.15) is 6.54 Å². The summed E-state index contributed by atoms with van der Waals surface area (Å²) in [6, 6.07) is 13.0. The molecular formula is C20H21N3O4S. The predicted molar refractivity (Wildman–Crippen MR) is 106 cm³/mol. The van der Waals surface area contributed by atoms with E-state index >= 15 is 0 Å². The van der Waals surface area contributed by atoms with Crippen LogP contribution in [0.3, 0.4) is 0 Å². The fourth-order valence-corrected chi connectivity index (χ4v) is 5.11. The van der Waals surface area contributed by atoms with Gasteiger partial charge in [0.15, 0.2) is 0 Å². The molecule has 4 rings (SSSR count). The van der Waals surface area contributed by atoms with E-state index in [2.05, 4.69) is 5.32 Å². The maximum Gasteiger partial charge on any atom is 0.258 e. The molecule has 2 amide bonds. The Morgan fingerprint density at radius 1 is 0.929 bits per heavy atom. The number of sulfonamides is 1. The summed E-state index contributed by atoms with van der Waals surface area (Å²) in [4.78, 5) is 26.5. The van der Waals surface area contributed by atoms with Crippen molar-refractivity contribution in [2.45, 2.75) is 24.2 Å². The quantitative estimate of drug-likeness (QED) is 0.859.